The molecule has 1 fully saturated rings. The van der Waals surface area contributed by atoms with Gasteiger partial charge in [-0.05, 0) is 31.9 Å². The zero-order chi connectivity index (χ0) is 21.3. The first-order valence-corrected chi connectivity index (χ1v) is 11.3. The summed E-state index contributed by atoms with van der Waals surface area (Å²) in [5.41, 5.74) is 0.704. The van der Waals surface area contributed by atoms with E-state index < -0.39 is 15.7 Å². The summed E-state index contributed by atoms with van der Waals surface area (Å²) in [6.07, 6.45) is 6.68. The molecule has 0 amide bonds. The number of imidazole rings is 1. The molecule has 3 aromatic rings. The fraction of sp³-hybridized carbons (Fsp3) is 0.368. The molecule has 4 heterocycles. The molecule has 1 saturated heterocycles. The van der Waals surface area contributed by atoms with Crippen LogP contribution in [0.4, 0.5) is 16.2 Å². The van der Waals surface area contributed by atoms with Gasteiger partial charge in [0.05, 0.1) is 23.0 Å². The van der Waals surface area contributed by atoms with Crippen LogP contribution in [0, 0.1) is 12.7 Å². The van der Waals surface area contributed by atoms with E-state index in [-0.39, 0.29) is 22.6 Å². The third-order valence-electron chi connectivity index (χ3n) is 4.93. The molecule has 0 aromatic carbocycles. The lowest BCUT2D eigenvalue weighted by atomic mass is 10.1. The Balaban J connectivity index is 1.65. The maximum atomic E-state index is 14.6. The summed E-state index contributed by atoms with van der Waals surface area (Å²) in [7, 11) is -3.34. The van der Waals surface area contributed by atoms with E-state index in [9.17, 15) is 12.8 Å². The number of anilines is 2. The Morgan fingerprint density at radius 3 is 2.57 bits per heavy atom. The van der Waals surface area contributed by atoms with Crippen LogP contribution in [-0.4, -0.2) is 52.4 Å². The van der Waals surface area contributed by atoms with Crippen molar-refractivity contribution in [1.29, 1.82) is 0 Å². The molecule has 0 saturated carbocycles. The minimum absolute atomic E-state index is 0.101. The van der Waals surface area contributed by atoms with Crippen LogP contribution in [0.3, 0.4) is 0 Å². The first kappa shape index (κ1) is 20.4. The predicted molar refractivity (Wildman–Crippen MR) is 108 cm³/mol. The molecule has 0 aliphatic carbocycles. The van der Waals surface area contributed by atoms with Gasteiger partial charge in [-0.25, -0.2) is 32.7 Å². The lowest BCUT2D eigenvalue weighted by Gasteiger charge is -2.26. The number of halogens is 1. The maximum absolute atomic E-state index is 14.6. The van der Waals surface area contributed by atoms with Crippen molar-refractivity contribution in [2.24, 2.45) is 0 Å². The molecule has 0 bridgehead atoms. The van der Waals surface area contributed by atoms with Crippen LogP contribution in [0.2, 0.25) is 0 Å². The molecule has 4 rings (SSSR count). The lowest BCUT2D eigenvalue weighted by molar-refractivity contribution is 0.0694. The molecule has 1 aliphatic rings. The van der Waals surface area contributed by atoms with Crippen molar-refractivity contribution in [3.8, 4) is 11.4 Å². The molecule has 158 valence electrons. The van der Waals surface area contributed by atoms with E-state index in [0.29, 0.717) is 24.7 Å². The Morgan fingerprint density at radius 1 is 1.13 bits per heavy atom. The number of aryl methyl sites for hydroxylation is 1. The van der Waals surface area contributed by atoms with Crippen molar-refractivity contribution >= 4 is 21.6 Å². The van der Waals surface area contributed by atoms with Gasteiger partial charge in [0, 0.05) is 31.7 Å². The zero-order valence-electron chi connectivity index (χ0n) is 16.5. The maximum Gasteiger partial charge on any atom is 0.229 e. The molecule has 9 nitrogen and oxygen atoms in total. The molecule has 1 N–H and O–H groups in total. The monoisotopic (exact) mass is 432 g/mol. The number of sulfone groups is 1. The van der Waals surface area contributed by atoms with Gasteiger partial charge < -0.3 is 14.6 Å². The molecule has 0 radical (unpaired) electrons. The summed E-state index contributed by atoms with van der Waals surface area (Å²) in [4.78, 5) is 16.8. The Labute approximate surface area is 173 Å². The molecular formula is C19H21FN6O3S. The van der Waals surface area contributed by atoms with E-state index in [2.05, 4.69) is 25.3 Å². The van der Waals surface area contributed by atoms with Gasteiger partial charge >= 0.3 is 0 Å². The molecular weight excluding hydrogens is 411 g/mol. The van der Waals surface area contributed by atoms with Crippen LogP contribution in [0.15, 0.2) is 35.6 Å². The van der Waals surface area contributed by atoms with Crippen LogP contribution in [0.5, 0.6) is 0 Å². The first-order valence-electron chi connectivity index (χ1n) is 9.40. The smallest absolute Gasteiger partial charge is 0.229 e. The Bertz CT molecular complexity index is 1160. The standard InChI is InChI=1S/C19H21FN6O3S/c1-12-21-11-16(26(12)13-5-7-29-8-6-13)18-15(20)10-23-19(25-18)24-17-4-3-14(9-22-17)30(2,27)28/h3-4,9-11,13H,5-8H2,1-2H3,(H,22,23,24,25). The Kier molecular flexibility index (Phi) is 5.48. The Morgan fingerprint density at radius 2 is 1.90 bits per heavy atom. The van der Waals surface area contributed by atoms with Crippen molar-refractivity contribution < 1.29 is 17.5 Å². The second-order valence-corrected chi connectivity index (χ2v) is 9.09. The van der Waals surface area contributed by atoms with E-state index in [1.807, 2.05) is 11.5 Å². The molecule has 1 aliphatic heterocycles. The molecule has 0 unspecified atom stereocenters. The van der Waals surface area contributed by atoms with Crippen LogP contribution >= 0.6 is 0 Å². The normalized spacial score (nSPS) is 15.3. The van der Waals surface area contributed by atoms with Gasteiger partial charge in [0.1, 0.15) is 17.3 Å². The third kappa shape index (κ3) is 4.17. The van der Waals surface area contributed by atoms with Crippen LogP contribution in [0.1, 0.15) is 24.7 Å². The minimum atomic E-state index is -3.34. The molecule has 11 heteroatoms. The lowest BCUT2D eigenvalue weighted by Crippen LogP contribution is -2.21. The van der Waals surface area contributed by atoms with Gasteiger partial charge in [-0.1, -0.05) is 0 Å². The topological polar surface area (TPSA) is 112 Å². The van der Waals surface area contributed by atoms with E-state index in [0.717, 1.165) is 31.1 Å². The van der Waals surface area contributed by atoms with E-state index in [1.54, 1.807) is 6.20 Å². The number of aromatic nitrogens is 5. The highest BCUT2D eigenvalue weighted by Gasteiger charge is 2.23. The van der Waals surface area contributed by atoms with Crippen molar-refractivity contribution in [3.63, 3.8) is 0 Å². The van der Waals surface area contributed by atoms with Crippen LogP contribution in [0.25, 0.3) is 11.4 Å². The van der Waals surface area contributed by atoms with Gasteiger partial charge in [-0.2, -0.15) is 0 Å². The van der Waals surface area contributed by atoms with Crippen molar-refractivity contribution in [2.45, 2.75) is 30.7 Å². The second-order valence-electron chi connectivity index (χ2n) is 7.07. The van der Waals surface area contributed by atoms with Gasteiger partial charge in [-0.15, -0.1) is 0 Å². The van der Waals surface area contributed by atoms with E-state index in [1.165, 1.54) is 18.3 Å². The van der Waals surface area contributed by atoms with Crippen LogP contribution in [-0.2, 0) is 14.6 Å². The average molecular weight is 432 g/mol. The average Bonchev–Trinajstić information content (AvgIpc) is 3.11. The summed E-state index contributed by atoms with van der Waals surface area (Å²) < 4.78 is 45.2. The number of nitrogens with one attached hydrogen (secondary N) is 1. The molecule has 0 atom stereocenters. The fourth-order valence-corrected chi connectivity index (χ4v) is 3.99. The van der Waals surface area contributed by atoms with Gasteiger partial charge in [-0.3, -0.25) is 0 Å². The van der Waals surface area contributed by atoms with Gasteiger partial charge in [0.15, 0.2) is 15.7 Å². The highest BCUT2D eigenvalue weighted by molar-refractivity contribution is 7.90. The largest absolute Gasteiger partial charge is 0.381 e. The predicted octanol–water partition coefficient (Wildman–Crippen LogP) is 2.68. The molecule has 0 spiro atoms. The number of pyridine rings is 1. The SMILES string of the molecule is Cc1ncc(-c2nc(Nc3ccc(S(C)(=O)=O)cn3)ncc2F)n1C1CCOCC1. The summed E-state index contributed by atoms with van der Waals surface area (Å²) in [6, 6.07) is 3.09. The van der Waals surface area contributed by atoms with Crippen molar-refractivity contribution in [3.05, 3.63) is 42.4 Å². The minimum Gasteiger partial charge on any atom is -0.381 e. The Hall–Kier alpha value is -2.92. The van der Waals surface area contributed by atoms with Gasteiger partial charge in [0.25, 0.3) is 0 Å². The van der Waals surface area contributed by atoms with Crippen molar-refractivity contribution in [1.82, 2.24) is 24.5 Å². The summed E-state index contributed by atoms with van der Waals surface area (Å²) in [6.45, 7) is 3.18. The number of rotatable bonds is 5. The first-order chi connectivity index (χ1) is 14.3. The number of hydrogen-bond acceptors (Lipinski definition) is 8. The highest BCUT2D eigenvalue weighted by atomic mass is 32.2. The second kappa shape index (κ2) is 8.07. The quantitative estimate of drug-likeness (QED) is 0.655. The van der Waals surface area contributed by atoms with E-state index in [4.69, 9.17) is 4.74 Å². The fourth-order valence-electron chi connectivity index (χ4n) is 3.43. The number of hydrogen-bond donors (Lipinski definition) is 1. The summed E-state index contributed by atoms with van der Waals surface area (Å²) >= 11 is 0. The summed E-state index contributed by atoms with van der Waals surface area (Å²) in [5.74, 6) is 0.703. The number of ether oxygens (including phenoxy) is 1. The highest BCUT2D eigenvalue weighted by Crippen LogP contribution is 2.30. The number of nitrogens with zero attached hydrogens (tertiary/aromatic N) is 5. The zero-order valence-corrected chi connectivity index (χ0v) is 17.4. The molecule has 30 heavy (non-hydrogen) atoms. The van der Waals surface area contributed by atoms with Gasteiger partial charge in [0.2, 0.25) is 5.95 Å². The third-order valence-corrected chi connectivity index (χ3v) is 6.03. The van der Waals surface area contributed by atoms with Crippen LogP contribution < -0.4 is 5.32 Å². The van der Waals surface area contributed by atoms with E-state index >= 15 is 0 Å². The molecule has 3 aromatic heterocycles. The summed E-state index contributed by atoms with van der Waals surface area (Å²) in [5, 5.41) is 2.88. The van der Waals surface area contributed by atoms with Crippen molar-refractivity contribution in [2.75, 3.05) is 24.8 Å².